The van der Waals surface area contributed by atoms with Crippen LogP contribution in [0.1, 0.15) is 43.6 Å². The molecule has 1 aliphatic carbocycles. The summed E-state index contributed by atoms with van der Waals surface area (Å²) in [5.74, 6) is 2.54. The molecule has 0 aromatic heterocycles. The van der Waals surface area contributed by atoms with Crippen molar-refractivity contribution in [3.8, 4) is 0 Å². The first-order valence-electron chi connectivity index (χ1n) is 7.31. The SMILES string of the molecule is Clc1ccc(C2CNCCC2C2CCCC2)cc1. The fourth-order valence-corrected chi connectivity index (χ4v) is 4.03. The summed E-state index contributed by atoms with van der Waals surface area (Å²) in [6, 6.07) is 8.53. The molecule has 1 aromatic carbocycles. The zero-order chi connectivity index (χ0) is 12.4. The summed E-state index contributed by atoms with van der Waals surface area (Å²) < 4.78 is 0. The summed E-state index contributed by atoms with van der Waals surface area (Å²) in [6.45, 7) is 2.34. The monoisotopic (exact) mass is 263 g/mol. The highest BCUT2D eigenvalue weighted by molar-refractivity contribution is 6.30. The van der Waals surface area contributed by atoms with E-state index in [1.54, 1.807) is 0 Å². The molecule has 0 amide bonds. The van der Waals surface area contributed by atoms with Crippen molar-refractivity contribution < 1.29 is 0 Å². The van der Waals surface area contributed by atoms with E-state index in [-0.39, 0.29) is 0 Å². The minimum atomic E-state index is 0.694. The van der Waals surface area contributed by atoms with Gasteiger partial charge in [0.1, 0.15) is 0 Å². The molecule has 3 rings (SSSR count). The zero-order valence-corrected chi connectivity index (χ0v) is 11.6. The average Bonchev–Trinajstić information content (AvgIpc) is 2.93. The van der Waals surface area contributed by atoms with Gasteiger partial charge in [-0.05, 0) is 48.4 Å². The number of halogens is 1. The maximum absolute atomic E-state index is 6.00. The van der Waals surface area contributed by atoms with Crippen molar-refractivity contribution in [3.05, 3.63) is 34.9 Å². The molecule has 98 valence electrons. The average molecular weight is 264 g/mol. The van der Waals surface area contributed by atoms with Crippen LogP contribution < -0.4 is 5.32 Å². The van der Waals surface area contributed by atoms with Crippen molar-refractivity contribution in [1.82, 2.24) is 5.32 Å². The number of rotatable bonds is 2. The third kappa shape index (κ3) is 2.57. The van der Waals surface area contributed by atoms with Gasteiger partial charge in [0.2, 0.25) is 0 Å². The van der Waals surface area contributed by atoms with E-state index in [1.807, 2.05) is 12.1 Å². The summed E-state index contributed by atoms with van der Waals surface area (Å²) >= 11 is 6.00. The van der Waals surface area contributed by atoms with Gasteiger partial charge in [-0.25, -0.2) is 0 Å². The molecule has 0 bridgehead atoms. The lowest BCUT2D eigenvalue weighted by molar-refractivity contribution is 0.227. The molecule has 0 radical (unpaired) electrons. The molecular weight excluding hydrogens is 242 g/mol. The Labute approximate surface area is 115 Å². The minimum absolute atomic E-state index is 0.694. The Kier molecular flexibility index (Phi) is 3.91. The van der Waals surface area contributed by atoms with Crippen LogP contribution in [0.5, 0.6) is 0 Å². The Morgan fingerprint density at radius 1 is 1.00 bits per heavy atom. The number of piperidine rings is 1. The normalized spacial score (nSPS) is 29.6. The van der Waals surface area contributed by atoms with Gasteiger partial charge in [0, 0.05) is 11.6 Å². The van der Waals surface area contributed by atoms with Gasteiger partial charge in [0.15, 0.2) is 0 Å². The number of hydrogen-bond acceptors (Lipinski definition) is 1. The molecule has 18 heavy (non-hydrogen) atoms. The van der Waals surface area contributed by atoms with Gasteiger partial charge in [-0.2, -0.15) is 0 Å². The van der Waals surface area contributed by atoms with E-state index >= 15 is 0 Å². The first-order chi connectivity index (χ1) is 8.84. The topological polar surface area (TPSA) is 12.0 Å². The predicted molar refractivity (Wildman–Crippen MR) is 77.1 cm³/mol. The summed E-state index contributed by atoms with van der Waals surface area (Å²) in [5.41, 5.74) is 1.48. The van der Waals surface area contributed by atoms with Crippen LogP contribution >= 0.6 is 11.6 Å². The molecule has 1 nitrogen and oxygen atoms in total. The lowest BCUT2D eigenvalue weighted by Gasteiger charge is -2.36. The van der Waals surface area contributed by atoms with Gasteiger partial charge in [0.25, 0.3) is 0 Å². The number of benzene rings is 1. The molecule has 2 atom stereocenters. The molecule has 0 spiro atoms. The molecule has 1 saturated heterocycles. The van der Waals surface area contributed by atoms with E-state index < -0.39 is 0 Å². The predicted octanol–water partition coefficient (Wildman–Crippen LogP) is 4.22. The first-order valence-corrected chi connectivity index (χ1v) is 7.68. The lowest BCUT2D eigenvalue weighted by Crippen LogP contribution is -2.38. The van der Waals surface area contributed by atoms with Crippen molar-refractivity contribution in [2.75, 3.05) is 13.1 Å². The van der Waals surface area contributed by atoms with E-state index in [0.29, 0.717) is 5.92 Å². The molecule has 2 aliphatic rings. The van der Waals surface area contributed by atoms with Gasteiger partial charge in [-0.1, -0.05) is 49.4 Å². The van der Waals surface area contributed by atoms with Gasteiger partial charge < -0.3 is 5.32 Å². The van der Waals surface area contributed by atoms with Crippen molar-refractivity contribution in [2.24, 2.45) is 11.8 Å². The maximum atomic E-state index is 6.00. The Bertz CT molecular complexity index is 381. The number of hydrogen-bond donors (Lipinski definition) is 1. The van der Waals surface area contributed by atoms with E-state index in [1.165, 1.54) is 44.2 Å². The fraction of sp³-hybridized carbons (Fsp3) is 0.625. The Morgan fingerprint density at radius 2 is 1.72 bits per heavy atom. The third-order valence-corrected chi connectivity index (χ3v) is 5.09. The van der Waals surface area contributed by atoms with E-state index in [0.717, 1.165) is 23.4 Å². The highest BCUT2D eigenvalue weighted by Gasteiger charge is 2.33. The second kappa shape index (κ2) is 5.63. The molecule has 1 aliphatic heterocycles. The smallest absolute Gasteiger partial charge is 0.0406 e. The van der Waals surface area contributed by atoms with Gasteiger partial charge in [0.05, 0.1) is 0 Å². The zero-order valence-electron chi connectivity index (χ0n) is 10.9. The molecule has 1 heterocycles. The quantitative estimate of drug-likeness (QED) is 0.842. The summed E-state index contributed by atoms with van der Waals surface area (Å²) in [7, 11) is 0. The van der Waals surface area contributed by atoms with Crippen LogP contribution in [0.25, 0.3) is 0 Å². The standard InChI is InChI=1S/C16H22ClN/c17-14-7-5-13(6-8-14)16-11-18-10-9-15(16)12-3-1-2-4-12/h5-8,12,15-16,18H,1-4,9-11H2. The first kappa shape index (κ1) is 12.5. The summed E-state index contributed by atoms with van der Waals surface area (Å²) in [6.07, 6.45) is 7.14. The van der Waals surface area contributed by atoms with Crippen molar-refractivity contribution in [2.45, 2.75) is 38.0 Å². The van der Waals surface area contributed by atoms with Crippen molar-refractivity contribution in [3.63, 3.8) is 0 Å². The van der Waals surface area contributed by atoms with E-state index in [4.69, 9.17) is 11.6 Å². The van der Waals surface area contributed by atoms with Crippen LogP contribution in [-0.2, 0) is 0 Å². The van der Waals surface area contributed by atoms with Crippen molar-refractivity contribution in [1.29, 1.82) is 0 Å². The molecule has 1 saturated carbocycles. The fourth-order valence-electron chi connectivity index (χ4n) is 3.90. The van der Waals surface area contributed by atoms with Gasteiger partial charge in [-0.3, -0.25) is 0 Å². The molecular formula is C16H22ClN. The largest absolute Gasteiger partial charge is 0.316 e. The summed E-state index contributed by atoms with van der Waals surface area (Å²) in [5, 5.41) is 4.42. The van der Waals surface area contributed by atoms with Crippen LogP contribution in [0.3, 0.4) is 0 Å². The Morgan fingerprint density at radius 3 is 2.44 bits per heavy atom. The van der Waals surface area contributed by atoms with Crippen LogP contribution in [0.15, 0.2) is 24.3 Å². The highest BCUT2D eigenvalue weighted by atomic mass is 35.5. The van der Waals surface area contributed by atoms with Gasteiger partial charge in [-0.15, -0.1) is 0 Å². The molecule has 1 aromatic rings. The Hall–Kier alpha value is -0.530. The van der Waals surface area contributed by atoms with Crippen molar-refractivity contribution >= 4 is 11.6 Å². The van der Waals surface area contributed by atoms with E-state index in [2.05, 4.69) is 17.4 Å². The van der Waals surface area contributed by atoms with Crippen LogP contribution in [-0.4, -0.2) is 13.1 Å². The summed E-state index contributed by atoms with van der Waals surface area (Å²) in [4.78, 5) is 0. The second-order valence-electron chi connectivity index (χ2n) is 5.86. The van der Waals surface area contributed by atoms with Crippen LogP contribution in [0, 0.1) is 11.8 Å². The third-order valence-electron chi connectivity index (χ3n) is 4.84. The number of nitrogens with one attached hydrogen (secondary N) is 1. The molecule has 2 unspecified atom stereocenters. The molecule has 2 heteroatoms. The van der Waals surface area contributed by atoms with Crippen LogP contribution in [0.2, 0.25) is 5.02 Å². The lowest BCUT2D eigenvalue weighted by atomic mass is 9.73. The van der Waals surface area contributed by atoms with Crippen LogP contribution in [0.4, 0.5) is 0 Å². The Balaban J connectivity index is 1.80. The van der Waals surface area contributed by atoms with E-state index in [9.17, 15) is 0 Å². The molecule has 1 N–H and O–H groups in total. The van der Waals surface area contributed by atoms with Gasteiger partial charge >= 0.3 is 0 Å². The highest BCUT2D eigenvalue weighted by Crippen LogP contribution is 2.42. The molecule has 2 fully saturated rings. The second-order valence-corrected chi connectivity index (χ2v) is 6.30. The minimum Gasteiger partial charge on any atom is -0.316 e. The maximum Gasteiger partial charge on any atom is 0.0406 e.